The lowest BCUT2D eigenvalue weighted by Crippen LogP contribution is -2.40. The van der Waals surface area contributed by atoms with Crippen LogP contribution in [0.1, 0.15) is 33.1 Å². The Balaban J connectivity index is 2.17. The molecule has 0 aromatic heterocycles. The van der Waals surface area contributed by atoms with Crippen LogP contribution in [0.2, 0.25) is 0 Å². The van der Waals surface area contributed by atoms with Gasteiger partial charge >= 0.3 is 0 Å². The maximum absolute atomic E-state index is 11.6. The van der Waals surface area contributed by atoms with Gasteiger partial charge in [0.15, 0.2) is 0 Å². The second-order valence-electron chi connectivity index (χ2n) is 4.50. The molecule has 0 aromatic rings. The first-order valence-corrected chi connectivity index (χ1v) is 7.23. The number of piperidine rings is 1. The molecule has 0 aliphatic carbocycles. The number of rotatable bonds is 5. The van der Waals surface area contributed by atoms with Gasteiger partial charge in [0.2, 0.25) is 5.91 Å². The zero-order valence-corrected chi connectivity index (χ0v) is 11.9. The van der Waals surface area contributed by atoms with Gasteiger partial charge < -0.3 is 10.2 Å². The summed E-state index contributed by atoms with van der Waals surface area (Å²) in [5, 5.41) is 3.03. The molecule has 0 radical (unpaired) electrons. The summed E-state index contributed by atoms with van der Waals surface area (Å²) in [6.45, 7) is 8.58. The smallest absolute Gasteiger partial charge is 0.233 e. The fourth-order valence-corrected chi connectivity index (χ4v) is 2.21. The zero-order valence-electron chi connectivity index (χ0n) is 10.3. The SMILES string of the molecule is CCC(Br)C(=O)NCC1CCN(CC)CC1. The fraction of sp³-hybridized carbons (Fsp3) is 0.917. The van der Waals surface area contributed by atoms with Crippen molar-refractivity contribution in [3.8, 4) is 0 Å². The van der Waals surface area contributed by atoms with Crippen LogP contribution in [0, 0.1) is 5.92 Å². The Morgan fingerprint density at radius 2 is 2.06 bits per heavy atom. The monoisotopic (exact) mass is 290 g/mol. The predicted molar refractivity (Wildman–Crippen MR) is 70.9 cm³/mol. The maximum atomic E-state index is 11.6. The highest BCUT2D eigenvalue weighted by molar-refractivity contribution is 9.10. The predicted octanol–water partition coefficient (Wildman–Crippen LogP) is 2.01. The Bertz CT molecular complexity index is 215. The molecule has 0 bridgehead atoms. The largest absolute Gasteiger partial charge is 0.355 e. The molecular weight excluding hydrogens is 268 g/mol. The number of hydrogen-bond acceptors (Lipinski definition) is 2. The van der Waals surface area contributed by atoms with Crippen molar-refractivity contribution in [3.63, 3.8) is 0 Å². The van der Waals surface area contributed by atoms with Gasteiger partial charge in [-0.3, -0.25) is 4.79 Å². The van der Waals surface area contributed by atoms with E-state index in [9.17, 15) is 4.79 Å². The van der Waals surface area contributed by atoms with E-state index >= 15 is 0 Å². The van der Waals surface area contributed by atoms with Crippen LogP contribution < -0.4 is 5.32 Å². The summed E-state index contributed by atoms with van der Waals surface area (Å²) < 4.78 is 0. The van der Waals surface area contributed by atoms with Crippen molar-refractivity contribution in [1.82, 2.24) is 10.2 Å². The van der Waals surface area contributed by atoms with Crippen LogP contribution in [0.5, 0.6) is 0 Å². The number of carbonyl (C=O) groups excluding carboxylic acids is 1. The average Bonchev–Trinajstić information content (AvgIpc) is 2.35. The van der Waals surface area contributed by atoms with Gasteiger partial charge in [-0.05, 0) is 44.8 Å². The minimum Gasteiger partial charge on any atom is -0.355 e. The minimum absolute atomic E-state index is 0.0248. The Morgan fingerprint density at radius 3 is 2.56 bits per heavy atom. The molecule has 0 saturated carbocycles. The molecule has 1 amide bonds. The quantitative estimate of drug-likeness (QED) is 0.786. The number of nitrogens with zero attached hydrogens (tertiary/aromatic N) is 1. The van der Waals surface area contributed by atoms with Crippen LogP contribution in [-0.2, 0) is 4.79 Å². The normalized spacial score (nSPS) is 20.7. The van der Waals surface area contributed by atoms with Crippen LogP contribution in [-0.4, -0.2) is 41.8 Å². The van der Waals surface area contributed by atoms with Crippen LogP contribution in [0.15, 0.2) is 0 Å². The molecule has 0 aromatic carbocycles. The van der Waals surface area contributed by atoms with E-state index in [0.29, 0.717) is 5.92 Å². The first-order chi connectivity index (χ1) is 7.67. The van der Waals surface area contributed by atoms with Crippen molar-refractivity contribution >= 4 is 21.8 Å². The molecule has 1 aliphatic heterocycles. The van der Waals surface area contributed by atoms with Gasteiger partial charge in [-0.15, -0.1) is 0 Å². The summed E-state index contributed by atoms with van der Waals surface area (Å²) in [6, 6.07) is 0. The van der Waals surface area contributed by atoms with E-state index < -0.39 is 0 Å². The van der Waals surface area contributed by atoms with Gasteiger partial charge in [0.25, 0.3) is 0 Å². The molecular formula is C12H23BrN2O. The van der Waals surface area contributed by atoms with Gasteiger partial charge in [-0.2, -0.15) is 0 Å². The molecule has 1 heterocycles. The summed E-state index contributed by atoms with van der Waals surface area (Å²) in [5.74, 6) is 0.809. The molecule has 1 saturated heterocycles. The maximum Gasteiger partial charge on any atom is 0.233 e. The van der Waals surface area contributed by atoms with Gasteiger partial charge in [-0.25, -0.2) is 0 Å². The van der Waals surface area contributed by atoms with Gasteiger partial charge in [0.1, 0.15) is 0 Å². The Kier molecular flexibility index (Phi) is 6.36. The van der Waals surface area contributed by atoms with Gasteiger partial charge in [0.05, 0.1) is 4.83 Å². The number of alkyl halides is 1. The standard InChI is InChI=1S/C12H23BrN2O/c1-3-11(13)12(16)14-9-10-5-7-15(4-2)8-6-10/h10-11H,3-9H2,1-2H3,(H,14,16). The molecule has 3 nitrogen and oxygen atoms in total. The Labute approximate surface area is 107 Å². The van der Waals surface area contributed by atoms with Crippen molar-refractivity contribution in [2.24, 2.45) is 5.92 Å². The van der Waals surface area contributed by atoms with Gasteiger partial charge in [0, 0.05) is 6.54 Å². The lowest BCUT2D eigenvalue weighted by Gasteiger charge is -2.31. The molecule has 16 heavy (non-hydrogen) atoms. The number of nitrogens with one attached hydrogen (secondary N) is 1. The van der Waals surface area contributed by atoms with Gasteiger partial charge in [-0.1, -0.05) is 29.8 Å². The Morgan fingerprint density at radius 1 is 1.44 bits per heavy atom. The average molecular weight is 291 g/mol. The summed E-state index contributed by atoms with van der Waals surface area (Å²) in [4.78, 5) is 14.0. The fourth-order valence-electron chi connectivity index (χ4n) is 2.05. The van der Waals surface area contributed by atoms with Crippen LogP contribution in [0.25, 0.3) is 0 Å². The third-order valence-corrected chi connectivity index (χ3v) is 4.43. The van der Waals surface area contributed by atoms with E-state index in [1.807, 2.05) is 6.92 Å². The van der Waals surface area contributed by atoms with E-state index in [4.69, 9.17) is 0 Å². The van der Waals surface area contributed by atoms with Crippen molar-refractivity contribution in [2.45, 2.75) is 37.9 Å². The van der Waals surface area contributed by atoms with Crippen molar-refractivity contribution in [1.29, 1.82) is 0 Å². The highest BCUT2D eigenvalue weighted by Gasteiger charge is 2.19. The summed E-state index contributed by atoms with van der Waals surface area (Å²) in [6.07, 6.45) is 3.28. The van der Waals surface area contributed by atoms with E-state index in [1.54, 1.807) is 0 Å². The first kappa shape index (κ1) is 14.0. The van der Waals surface area contributed by atoms with Crippen molar-refractivity contribution < 1.29 is 4.79 Å². The molecule has 4 heteroatoms. The molecule has 1 N–H and O–H groups in total. The second-order valence-corrected chi connectivity index (χ2v) is 5.60. The molecule has 1 fully saturated rings. The first-order valence-electron chi connectivity index (χ1n) is 6.31. The Hall–Kier alpha value is -0.0900. The molecule has 94 valence electrons. The topological polar surface area (TPSA) is 32.3 Å². The lowest BCUT2D eigenvalue weighted by atomic mass is 9.97. The molecule has 1 atom stereocenters. The summed E-state index contributed by atoms with van der Waals surface area (Å²) >= 11 is 3.37. The van der Waals surface area contributed by atoms with Crippen LogP contribution in [0.3, 0.4) is 0 Å². The summed E-state index contributed by atoms with van der Waals surface area (Å²) in [7, 11) is 0. The number of carbonyl (C=O) groups is 1. The summed E-state index contributed by atoms with van der Waals surface area (Å²) in [5.41, 5.74) is 0. The number of likely N-dealkylation sites (tertiary alicyclic amines) is 1. The molecule has 1 rings (SSSR count). The molecule has 1 unspecified atom stereocenters. The zero-order chi connectivity index (χ0) is 12.0. The lowest BCUT2D eigenvalue weighted by molar-refractivity contribution is -0.120. The highest BCUT2D eigenvalue weighted by Crippen LogP contribution is 2.16. The second kappa shape index (κ2) is 7.28. The molecule has 1 aliphatic rings. The van der Waals surface area contributed by atoms with Crippen LogP contribution in [0.4, 0.5) is 0 Å². The van der Waals surface area contributed by atoms with E-state index in [0.717, 1.165) is 19.5 Å². The third kappa shape index (κ3) is 4.42. The van der Waals surface area contributed by atoms with E-state index in [2.05, 4.69) is 33.1 Å². The number of amides is 1. The molecule has 0 spiro atoms. The van der Waals surface area contributed by atoms with Crippen molar-refractivity contribution in [3.05, 3.63) is 0 Å². The number of halogens is 1. The number of hydrogen-bond donors (Lipinski definition) is 1. The minimum atomic E-state index is -0.0248. The van der Waals surface area contributed by atoms with E-state index in [-0.39, 0.29) is 10.7 Å². The highest BCUT2D eigenvalue weighted by atomic mass is 79.9. The third-order valence-electron chi connectivity index (χ3n) is 3.36. The van der Waals surface area contributed by atoms with Crippen LogP contribution >= 0.6 is 15.9 Å². The van der Waals surface area contributed by atoms with E-state index in [1.165, 1.54) is 25.9 Å². The van der Waals surface area contributed by atoms with Crippen molar-refractivity contribution in [2.75, 3.05) is 26.2 Å².